The Morgan fingerprint density at radius 2 is 1.83 bits per heavy atom. The summed E-state index contributed by atoms with van der Waals surface area (Å²) in [5.41, 5.74) is -0.0341. The molecule has 1 atom stereocenters. The van der Waals surface area contributed by atoms with Gasteiger partial charge in [0.1, 0.15) is 11.6 Å². The summed E-state index contributed by atoms with van der Waals surface area (Å²) >= 11 is 0. The van der Waals surface area contributed by atoms with Crippen molar-refractivity contribution in [2.24, 2.45) is 0 Å². The van der Waals surface area contributed by atoms with Gasteiger partial charge in [-0.05, 0) is 18.2 Å². The molecule has 18 heavy (non-hydrogen) atoms. The molecule has 0 heterocycles. The molecule has 0 radical (unpaired) electrons. The molecule has 0 amide bonds. The highest BCUT2D eigenvalue weighted by Crippen LogP contribution is 2.19. The number of aliphatic hydroxyl groups is 1. The van der Waals surface area contributed by atoms with E-state index in [1.54, 1.807) is 12.2 Å². The van der Waals surface area contributed by atoms with Crippen LogP contribution in [0.15, 0.2) is 43.5 Å². The molecule has 4 heteroatoms. The maximum atomic E-state index is 13.5. The molecule has 0 aromatic heterocycles. The molecule has 1 N–H and O–H groups in total. The average Bonchev–Trinajstić information content (AvgIpc) is 2.33. The van der Waals surface area contributed by atoms with Crippen LogP contribution in [0.5, 0.6) is 0 Å². The molecule has 1 aromatic rings. The van der Waals surface area contributed by atoms with Crippen molar-refractivity contribution in [3.8, 4) is 0 Å². The van der Waals surface area contributed by atoms with Gasteiger partial charge in [0.05, 0.1) is 6.10 Å². The molecule has 0 aliphatic carbocycles. The smallest absolute Gasteiger partial charge is 0.129 e. The second kappa shape index (κ2) is 7.03. The molecule has 0 bridgehead atoms. The number of nitrogens with zero attached hydrogens (tertiary/aromatic N) is 1. The monoisotopic (exact) mass is 253 g/mol. The van der Waals surface area contributed by atoms with Crippen LogP contribution in [0.1, 0.15) is 11.7 Å². The van der Waals surface area contributed by atoms with Crippen LogP contribution >= 0.6 is 0 Å². The Morgan fingerprint density at radius 3 is 2.39 bits per heavy atom. The van der Waals surface area contributed by atoms with Crippen molar-refractivity contribution in [2.75, 3.05) is 19.6 Å². The number of rotatable bonds is 7. The minimum Gasteiger partial charge on any atom is -0.387 e. The maximum Gasteiger partial charge on any atom is 0.129 e. The van der Waals surface area contributed by atoms with Crippen LogP contribution in [0.4, 0.5) is 8.78 Å². The summed E-state index contributed by atoms with van der Waals surface area (Å²) in [5, 5.41) is 9.93. The van der Waals surface area contributed by atoms with Gasteiger partial charge in [0.2, 0.25) is 0 Å². The van der Waals surface area contributed by atoms with Gasteiger partial charge in [-0.15, -0.1) is 13.2 Å². The van der Waals surface area contributed by atoms with E-state index < -0.39 is 17.7 Å². The molecule has 1 rings (SSSR count). The first-order chi connectivity index (χ1) is 8.58. The van der Waals surface area contributed by atoms with Crippen molar-refractivity contribution < 1.29 is 13.9 Å². The third-order valence-electron chi connectivity index (χ3n) is 2.52. The predicted octanol–water partition coefficient (Wildman–Crippen LogP) is 2.67. The van der Waals surface area contributed by atoms with E-state index in [0.717, 1.165) is 18.2 Å². The summed E-state index contributed by atoms with van der Waals surface area (Å²) in [6.07, 6.45) is 2.27. The number of hydrogen-bond donors (Lipinski definition) is 1. The summed E-state index contributed by atoms with van der Waals surface area (Å²) in [7, 11) is 0. The number of benzene rings is 1. The van der Waals surface area contributed by atoms with Crippen LogP contribution < -0.4 is 0 Å². The van der Waals surface area contributed by atoms with E-state index in [2.05, 4.69) is 13.2 Å². The van der Waals surface area contributed by atoms with Crippen molar-refractivity contribution in [2.45, 2.75) is 6.10 Å². The molecular formula is C14H17F2NO. The average molecular weight is 253 g/mol. The number of halogens is 2. The van der Waals surface area contributed by atoms with Crippen LogP contribution in [0.2, 0.25) is 0 Å². The Balaban J connectivity index is 2.78. The van der Waals surface area contributed by atoms with Gasteiger partial charge in [0, 0.05) is 25.2 Å². The summed E-state index contributed by atoms with van der Waals surface area (Å²) in [6, 6.07) is 3.05. The molecule has 0 spiro atoms. The zero-order valence-electron chi connectivity index (χ0n) is 10.1. The minimum absolute atomic E-state index is 0.0341. The first-order valence-electron chi connectivity index (χ1n) is 5.65. The molecule has 0 fully saturated rings. The molecule has 0 saturated carbocycles. The molecular weight excluding hydrogens is 236 g/mol. The maximum absolute atomic E-state index is 13.5. The van der Waals surface area contributed by atoms with E-state index in [1.807, 2.05) is 4.90 Å². The van der Waals surface area contributed by atoms with Crippen LogP contribution in [-0.4, -0.2) is 29.6 Å². The lowest BCUT2D eigenvalue weighted by atomic mass is 10.1. The lowest BCUT2D eigenvalue weighted by Gasteiger charge is -2.22. The van der Waals surface area contributed by atoms with Gasteiger partial charge in [-0.25, -0.2) is 8.78 Å². The quantitative estimate of drug-likeness (QED) is 0.755. The Hall–Kier alpha value is -1.52. The van der Waals surface area contributed by atoms with E-state index in [1.165, 1.54) is 0 Å². The second-order valence-electron chi connectivity index (χ2n) is 3.98. The van der Waals surface area contributed by atoms with Gasteiger partial charge >= 0.3 is 0 Å². The SMILES string of the molecule is C=CCN(CC=C)CC(O)c1cc(F)ccc1F. The van der Waals surface area contributed by atoms with E-state index in [9.17, 15) is 13.9 Å². The number of hydrogen-bond acceptors (Lipinski definition) is 2. The first-order valence-corrected chi connectivity index (χ1v) is 5.65. The van der Waals surface area contributed by atoms with Crippen molar-refractivity contribution in [1.29, 1.82) is 0 Å². The Morgan fingerprint density at radius 1 is 1.22 bits per heavy atom. The third kappa shape index (κ3) is 4.05. The van der Waals surface area contributed by atoms with Crippen LogP contribution in [-0.2, 0) is 0 Å². The first kappa shape index (κ1) is 14.5. The van der Waals surface area contributed by atoms with Gasteiger partial charge in [-0.1, -0.05) is 12.2 Å². The lowest BCUT2D eigenvalue weighted by Crippen LogP contribution is -2.29. The van der Waals surface area contributed by atoms with Gasteiger partial charge in [0.25, 0.3) is 0 Å². The molecule has 98 valence electrons. The Kier molecular flexibility index (Phi) is 5.68. The van der Waals surface area contributed by atoms with Gasteiger partial charge in [0.15, 0.2) is 0 Å². The van der Waals surface area contributed by atoms with Crippen molar-refractivity contribution >= 4 is 0 Å². The zero-order chi connectivity index (χ0) is 13.5. The van der Waals surface area contributed by atoms with Crippen LogP contribution in [0.25, 0.3) is 0 Å². The van der Waals surface area contributed by atoms with E-state index in [-0.39, 0.29) is 12.1 Å². The van der Waals surface area contributed by atoms with E-state index >= 15 is 0 Å². The van der Waals surface area contributed by atoms with Crippen molar-refractivity contribution in [3.05, 3.63) is 60.7 Å². The van der Waals surface area contributed by atoms with Gasteiger partial charge in [-0.3, -0.25) is 4.90 Å². The van der Waals surface area contributed by atoms with E-state index in [4.69, 9.17) is 0 Å². The fraction of sp³-hybridized carbons (Fsp3) is 0.286. The second-order valence-corrected chi connectivity index (χ2v) is 3.98. The van der Waals surface area contributed by atoms with Crippen LogP contribution in [0, 0.1) is 11.6 Å². The summed E-state index contributed by atoms with van der Waals surface area (Å²) < 4.78 is 26.5. The standard InChI is InChI=1S/C14H17F2NO/c1-3-7-17(8-4-2)10-14(18)12-9-11(15)5-6-13(12)16/h3-6,9,14,18H,1-2,7-8,10H2. The highest BCUT2D eigenvalue weighted by atomic mass is 19.1. The topological polar surface area (TPSA) is 23.5 Å². The summed E-state index contributed by atoms with van der Waals surface area (Å²) in [5.74, 6) is -1.18. The fourth-order valence-corrected chi connectivity index (χ4v) is 1.70. The normalized spacial score (nSPS) is 12.4. The van der Waals surface area contributed by atoms with Crippen molar-refractivity contribution in [1.82, 2.24) is 4.90 Å². The molecule has 0 aliphatic heterocycles. The summed E-state index contributed by atoms with van der Waals surface area (Å²) in [4.78, 5) is 1.83. The largest absolute Gasteiger partial charge is 0.387 e. The molecule has 2 nitrogen and oxygen atoms in total. The molecule has 0 aliphatic rings. The Bertz CT molecular complexity index is 410. The predicted molar refractivity (Wildman–Crippen MR) is 68.2 cm³/mol. The summed E-state index contributed by atoms with van der Waals surface area (Å²) in [6.45, 7) is 8.48. The fourth-order valence-electron chi connectivity index (χ4n) is 1.70. The highest BCUT2D eigenvalue weighted by Gasteiger charge is 2.16. The molecule has 1 aromatic carbocycles. The molecule has 0 saturated heterocycles. The van der Waals surface area contributed by atoms with Crippen molar-refractivity contribution in [3.63, 3.8) is 0 Å². The zero-order valence-corrected chi connectivity index (χ0v) is 10.1. The van der Waals surface area contributed by atoms with Gasteiger partial charge < -0.3 is 5.11 Å². The van der Waals surface area contributed by atoms with Crippen LogP contribution in [0.3, 0.4) is 0 Å². The lowest BCUT2D eigenvalue weighted by molar-refractivity contribution is 0.122. The van der Waals surface area contributed by atoms with E-state index in [0.29, 0.717) is 13.1 Å². The highest BCUT2D eigenvalue weighted by molar-refractivity contribution is 5.21. The number of aliphatic hydroxyl groups excluding tert-OH is 1. The van der Waals surface area contributed by atoms with Gasteiger partial charge in [-0.2, -0.15) is 0 Å². The molecule has 1 unspecified atom stereocenters. The third-order valence-corrected chi connectivity index (χ3v) is 2.52. The minimum atomic E-state index is -1.08. The Labute approximate surface area is 106 Å².